The van der Waals surface area contributed by atoms with Crippen LogP contribution >= 0.6 is 0 Å². The van der Waals surface area contributed by atoms with Gasteiger partial charge in [-0.2, -0.15) is 0 Å². The van der Waals surface area contributed by atoms with Crippen LogP contribution in [-0.2, 0) is 6.42 Å². The van der Waals surface area contributed by atoms with Crippen LogP contribution in [0.4, 0.5) is 0 Å². The fraction of sp³-hybridized carbons (Fsp3) is 0.250. The van der Waals surface area contributed by atoms with Gasteiger partial charge in [0.15, 0.2) is 23.0 Å². The third-order valence-corrected chi connectivity index (χ3v) is 3.60. The van der Waals surface area contributed by atoms with E-state index < -0.39 is 0 Å². The summed E-state index contributed by atoms with van der Waals surface area (Å²) in [7, 11) is 2.91. The van der Waals surface area contributed by atoms with Gasteiger partial charge in [0.05, 0.1) is 25.3 Å². The van der Waals surface area contributed by atoms with Crippen molar-refractivity contribution in [1.29, 1.82) is 0 Å². The molecule has 1 heterocycles. The van der Waals surface area contributed by atoms with Crippen LogP contribution in [0.5, 0.6) is 11.5 Å². The van der Waals surface area contributed by atoms with E-state index in [2.05, 4.69) is 0 Å². The molecule has 1 aliphatic carbocycles. The molecule has 3 rings (SSSR count). The Bertz CT molecular complexity index is 754. The highest BCUT2D eigenvalue weighted by Crippen LogP contribution is 2.39. The van der Waals surface area contributed by atoms with Crippen LogP contribution < -0.4 is 9.47 Å². The number of carbonyl (C=O) groups excluding carboxylic acids is 2. The highest BCUT2D eigenvalue weighted by atomic mass is 16.5. The van der Waals surface area contributed by atoms with Crippen molar-refractivity contribution < 1.29 is 23.5 Å². The third-order valence-electron chi connectivity index (χ3n) is 3.60. The van der Waals surface area contributed by atoms with Crippen LogP contribution in [0.25, 0.3) is 0 Å². The first-order chi connectivity index (χ1) is 10.1. The summed E-state index contributed by atoms with van der Waals surface area (Å²) in [5, 5.41) is 0. The molecule has 0 fully saturated rings. The zero-order valence-electron chi connectivity index (χ0n) is 12.0. The molecule has 0 amide bonds. The summed E-state index contributed by atoms with van der Waals surface area (Å²) in [6.07, 6.45) is 0.615. The summed E-state index contributed by atoms with van der Waals surface area (Å²) in [5.74, 6) is 0.770. The van der Waals surface area contributed by atoms with Gasteiger partial charge in [0.1, 0.15) is 5.76 Å². The van der Waals surface area contributed by atoms with E-state index in [0.717, 1.165) is 0 Å². The first-order valence-electron chi connectivity index (χ1n) is 6.59. The molecule has 0 bridgehead atoms. The summed E-state index contributed by atoms with van der Waals surface area (Å²) in [6, 6.07) is 4.84. The quantitative estimate of drug-likeness (QED) is 0.740. The summed E-state index contributed by atoms with van der Waals surface area (Å²) in [5.41, 5.74) is 0.830. The molecule has 1 aromatic carbocycles. The van der Waals surface area contributed by atoms with E-state index in [9.17, 15) is 9.59 Å². The monoisotopic (exact) mass is 286 g/mol. The highest BCUT2D eigenvalue weighted by Gasteiger charge is 2.37. The number of aryl methyl sites for hydroxylation is 1. The Hall–Kier alpha value is -2.56. The Morgan fingerprint density at radius 1 is 1.05 bits per heavy atom. The molecule has 0 spiro atoms. The largest absolute Gasteiger partial charge is 0.493 e. The number of benzene rings is 1. The Morgan fingerprint density at radius 3 is 2.43 bits per heavy atom. The normalized spacial score (nSPS) is 12.9. The van der Waals surface area contributed by atoms with Gasteiger partial charge >= 0.3 is 0 Å². The lowest BCUT2D eigenvalue weighted by atomic mass is 9.87. The number of furan rings is 1. The number of hydrogen-bond acceptors (Lipinski definition) is 5. The molecule has 0 saturated carbocycles. The van der Waals surface area contributed by atoms with E-state index in [4.69, 9.17) is 13.9 Å². The van der Waals surface area contributed by atoms with E-state index in [1.165, 1.54) is 14.2 Å². The van der Waals surface area contributed by atoms with Crippen molar-refractivity contribution in [2.24, 2.45) is 0 Å². The van der Waals surface area contributed by atoms with Crippen molar-refractivity contribution in [3.05, 3.63) is 46.4 Å². The summed E-state index contributed by atoms with van der Waals surface area (Å²) in [6.45, 7) is 1.90. The van der Waals surface area contributed by atoms with E-state index >= 15 is 0 Å². The molecule has 0 N–H and O–H groups in total. The van der Waals surface area contributed by atoms with Crippen molar-refractivity contribution in [2.75, 3.05) is 14.2 Å². The van der Waals surface area contributed by atoms with Gasteiger partial charge in [0.2, 0.25) is 5.78 Å². The molecule has 0 saturated heterocycles. The summed E-state index contributed by atoms with van der Waals surface area (Å²) in [4.78, 5) is 25.2. The second kappa shape index (κ2) is 4.77. The van der Waals surface area contributed by atoms with Crippen LogP contribution in [0.15, 0.2) is 22.6 Å². The molecule has 0 atom stereocenters. The standard InChI is InChI=1S/C16H14O5/c1-4-8-7-10-13(17)9-5-6-11(19-2)16(20-3)12(9)14(18)15(10)21-8/h5-7H,4H2,1-3H3. The average molecular weight is 286 g/mol. The number of methoxy groups -OCH3 is 2. The van der Waals surface area contributed by atoms with Crippen LogP contribution in [0, 0.1) is 0 Å². The zero-order chi connectivity index (χ0) is 15.1. The van der Waals surface area contributed by atoms with Gasteiger partial charge in [-0.15, -0.1) is 0 Å². The highest BCUT2D eigenvalue weighted by molar-refractivity contribution is 6.28. The molecule has 108 valence electrons. The predicted octanol–water partition coefficient (Wildman–Crippen LogP) is 2.63. The van der Waals surface area contributed by atoms with Crippen LogP contribution in [0.1, 0.15) is 44.7 Å². The van der Waals surface area contributed by atoms with E-state index in [1.807, 2.05) is 6.92 Å². The molecule has 21 heavy (non-hydrogen) atoms. The number of rotatable bonds is 3. The van der Waals surface area contributed by atoms with Crippen molar-refractivity contribution in [1.82, 2.24) is 0 Å². The molecular weight excluding hydrogens is 272 g/mol. The predicted molar refractivity (Wildman–Crippen MR) is 74.5 cm³/mol. The van der Waals surface area contributed by atoms with Crippen LogP contribution in [0.3, 0.4) is 0 Å². The summed E-state index contributed by atoms with van der Waals surface area (Å²) < 4.78 is 15.9. The minimum atomic E-state index is -0.352. The van der Waals surface area contributed by atoms with Crippen molar-refractivity contribution in [3.63, 3.8) is 0 Å². The minimum Gasteiger partial charge on any atom is -0.493 e. The second-order valence-electron chi connectivity index (χ2n) is 4.69. The van der Waals surface area contributed by atoms with Crippen molar-refractivity contribution in [3.8, 4) is 11.5 Å². The first kappa shape index (κ1) is 13.4. The number of ketones is 2. The molecule has 1 aliphatic rings. The maximum atomic E-state index is 12.6. The molecule has 0 radical (unpaired) electrons. The fourth-order valence-corrected chi connectivity index (χ4v) is 2.55. The van der Waals surface area contributed by atoms with Gasteiger partial charge in [-0.25, -0.2) is 0 Å². The molecule has 0 unspecified atom stereocenters. The Labute approximate surface area is 121 Å². The topological polar surface area (TPSA) is 65.7 Å². The minimum absolute atomic E-state index is 0.0795. The number of ether oxygens (including phenoxy) is 2. The van der Waals surface area contributed by atoms with Crippen LogP contribution in [-0.4, -0.2) is 25.8 Å². The van der Waals surface area contributed by atoms with E-state index in [-0.39, 0.29) is 28.6 Å². The van der Waals surface area contributed by atoms with Gasteiger partial charge in [-0.1, -0.05) is 6.92 Å². The summed E-state index contributed by atoms with van der Waals surface area (Å²) >= 11 is 0. The molecule has 1 aromatic heterocycles. The number of carbonyl (C=O) groups is 2. The molecule has 5 nitrogen and oxygen atoms in total. The Morgan fingerprint density at radius 2 is 1.81 bits per heavy atom. The Kier molecular flexibility index (Phi) is 3.05. The molecule has 5 heteroatoms. The number of fused-ring (bicyclic) bond motifs is 2. The van der Waals surface area contributed by atoms with Gasteiger partial charge in [-0.3, -0.25) is 9.59 Å². The van der Waals surface area contributed by atoms with Gasteiger partial charge in [0, 0.05) is 12.0 Å². The van der Waals surface area contributed by atoms with Gasteiger partial charge in [0.25, 0.3) is 0 Å². The van der Waals surface area contributed by atoms with Crippen LogP contribution in [0.2, 0.25) is 0 Å². The third kappa shape index (κ3) is 1.77. The average Bonchev–Trinajstić information content (AvgIpc) is 2.95. The lowest BCUT2D eigenvalue weighted by molar-refractivity contribution is 0.0956. The Balaban J connectivity index is 2.28. The molecule has 0 aliphatic heterocycles. The van der Waals surface area contributed by atoms with E-state index in [0.29, 0.717) is 29.1 Å². The first-order valence-corrected chi connectivity index (χ1v) is 6.59. The smallest absolute Gasteiger partial charge is 0.233 e. The lowest BCUT2D eigenvalue weighted by Crippen LogP contribution is -2.20. The second-order valence-corrected chi connectivity index (χ2v) is 4.69. The SMILES string of the molecule is CCc1cc2c(o1)C(=O)c1c(ccc(OC)c1OC)C2=O. The molecule has 2 aromatic rings. The zero-order valence-corrected chi connectivity index (χ0v) is 12.0. The van der Waals surface area contributed by atoms with Gasteiger partial charge in [-0.05, 0) is 18.2 Å². The van der Waals surface area contributed by atoms with Crippen molar-refractivity contribution >= 4 is 11.6 Å². The lowest BCUT2D eigenvalue weighted by Gasteiger charge is -2.18. The number of hydrogen-bond donors (Lipinski definition) is 0. The molecular formula is C16H14O5. The maximum Gasteiger partial charge on any atom is 0.233 e. The van der Waals surface area contributed by atoms with Gasteiger partial charge < -0.3 is 13.9 Å². The maximum absolute atomic E-state index is 12.6. The van der Waals surface area contributed by atoms with E-state index in [1.54, 1.807) is 18.2 Å². The van der Waals surface area contributed by atoms with Crippen molar-refractivity contribution in [2.45, 2.75) is 13.3 Å². The fourth-order valence-electron chi connectivity index (χ4n) is 2.55.